The van der Waals surface area contributed by atoms with Crippen molar-refractivity contribution in [2.75, 3.05) is 33.9 Å². The molecule has 0 radical (unpaired) electrons. The van der Waals surface area contributed by atoms with E-state index in [1.165, 1.54) is 14.2 Å². The van der Waals surface area contributed by atoms with Gasteiger partial charge < -0.3 is 20.1 Å². The zero-order valence-corrected chi connectivity index (χ0v) is 19.4. The van der Waals surface area contributed by atoms with Gasteiger partial charge in [-0.05, 0) is 29.7 Å². The van der Waals surface area contributed by atoms with Crippen LogP contribution in [0.5, 0.6) is 11.5 Å². The Morgan fingerprint density at radius 2 is 1.97 bits per heavy atom. The van der Waals surface area contributed by atoms with Crippen LogP contribution in [0, 0.1) is 11.3 Å². The summed E-state index contributed by atoms with van der Waals surface area (Å²) in [6.45, 7) is 2.97. The van der Waals surface area contributed by atoms with Crippen LogP contribution in [0.3, 0.4) is 0 Å². The zero-order chi connectivity index (χ0) is 24.5. The summed E-state index contributed by atoms with van der Waals surface area (Å²) in [7, 11) is 2.98. The van der Waals surface area contributed by atoms with Crippen molar-refractivity contribution >= 4 is 11.8 Å². The monoisotopic (exact) mass is 464 g/mol. The molecule has 0 aromatic heterocycles. The van der Waals surface area contributed by atoms with Crippen LogP contribution in [0.4, 0.5) is 0 Å². The van der Waals surface area contributed by atoms with Crippen LogP contribution in [-0.4, -0.2) is 56.7 Å². The van der Waals surface area contributed by atoms with Crippen LogP contribution in [0.15, 0.2) is 52.8 Å². The molecule has 0 fully saturated rings. The quantitative estimate of drug-likeness (QED) is 0.556. The van der Waals surface area contributed by atoms with E-state index in [2.05, 4.69) is 34.0 Å². The molecule has 0 saturated heterocycles. The van der Waals surface area contributed by atoms with Gasteiger partial charge in [0.2, 0.25) is 5.91 Å². The Kier molecular flexibility index (Phi) is 8.40. The van der Waals surface area contributed by atoms with E-state index < -0.39 is 12.1 Å². The van der Waals surface area contributed by atoms with Gasteiger partial charge in [0.05, 0.1) is 38.9 Å². The summed E-state index contributed by atoms with van der Waals surface area (Å²) >= 11 is 0. The van der Waals surface area contributed by atoms with Crippen LogP contribution in [0.1, 0.15) is 34.5 Å². The molecule has 0 bridgehead atoms. The smallest absolute Gasteiger partial charge is 0.255 e. The first-order valence-corrected chi connectivity index (χ1v) is 10.9. The average molecular weight is 465 g/mol. The molecule has 0 saturated carbocycles. The summed E-state index contributed by atoms with van der Waals surface area (Å²) in [5.74, 6) is 0.139. The molecule has 1 aliphatic heterocycles. The fourth-order valence-electron chi connectivity index (χ4n) is 3.51. The van der Waals surface area contributed by atoms with Crippen LogP contribution in [0.2, 0.25) is 0 Å². The number of nitrogens with zero attached hydrogens (tertiary/aromatic N) is 4. The minimum absolute atomic E-state index is 0.261. The minimum Gasteiger partial charge on any atom is -0.493 e. The lowest BCUT2D eigenvalue weighted by atomic mass is 10.0. The molecule has 10 nitrogen and oxygen atoms in total. The molecule has 0 aliphatic carbocycles. The molecule has 0 spiro atoms. The van der Waals surface area contributed by atoms with Gasteiger partial charge in [0.1, 0.15) is 6.04 Å². The standard InChI is InChI=1S/C24H28N6O4/c1-4-16-8-10-17(11-9-16)19(14-25)27-24(32)20-15-30(29-28-20)13-12-26-23(31)18-6-5-7-21(33-2)22(18)34-3/h5-11,19-20H,4,12-13,15H2,1-3H3,(H,26,31)(H,27,32). The summed E-state index contributed by atoms with van der Waals surface area (Å²) in [5.41, 5.74) is 2.23. The van der Waals surface area contributed by atoms with Crippen molar-refractivity contribution in [3.05, 3.63) is 59.2 Å². The Hall–Kier alpha value is -4.13. The van der Waals surface area contributed by atoms with Gasteiger partial charge in [0, 0.05) is 6.54 Å². The lowest BCUT2D eigenvalue weighted by Gasteiger charge is -2.17. The van der Waals surface area contributed by atoms with Crippen molar-refractivity contribution in [3.8, 4) is 17.6 Å². The Balaban J connectivity index is 1.48. The van der Waals surface area contributed by atoms with Gasteiger partial charge >= 0.3 is 0 Å². The maximum absolute atomic E-state index is 12.6. The SMILES string of the molecule is CCc1ccc(C(C#N)NC(=O)C2CN(CCNC(=O)c3cccc(OC)c3OC)N=N2)cc1. The Morgan fingerprint density at radius 3 is 2.62 bits per heavy atom. The van der Waals surface area contributed by atoms with Crippen molar-refractivity contribution in [2.24, 2.45) is 10.3 Å². The van der Waals surface area contributed by atoms with Gasteiger partial charge in [-0.3, -0.25) is 14.6 Å². The second-order valence-corrected chi connectivity index (χ2v) is 7.60. The van der Waals surface area contributed by atoms with Crippen molar-refractivity contribution in [1.82, 2.24) is 15.6 Å². The molecule has 2 aromatic rings. The maximum atomic E-state index is 12.6. The maximum Gasteiger partial charge on any atom is 0.255 e. The molecule has 10 heteroatoms. The number of methoxy groups -OCH3 is 2. The number of rotatable bonds is 10. The molecule has 34 heavy (non-hydrogen) atoms. The highest BCUT2D eigenvalue weighted by atomic mass is 16.5. The predicted molar refractivity (Wildman–Crippen MR) is 124 cm³/mol. The van der Waals surface area contributed by atoms with E-state index in [0.29, 0.717) is 23.6 Å². The topological polar surface area (TPSA) is 128 Å². The zero-order valence-electron chi connectivity index (χ0n) is 19.4. The molecular weight excluding hydrogens is 436 g/mol. The number of amides is 2. The fourth-order valence-corrected chi connectivity index (χ4v) is 3.51. The number of aryl methyl sites for hydroxylation is 1. The molecule has 1 heterocycles. The highest BCUT2D eigenvalue weighted by Crippen LogP contribution is 2.30. The average Bonchev–Trinajstić information content (AvgIpc) is 3.35. The first-order valence-electron chi connectivity index (χ1n) is 10.9. The first kappa shape index (κ1) is 24.5. The molecule has 2 aromatic carbocycles. The van der Waals surface area contributed by atoms with E-state index in [4.69, 9.17) is 9.47 Å². The van der Waals surface area contributed by atoms with E-state index in [1.54, 1.807) is 23.2 Å². The highest BCUT2D eigenvalue weighted by molar-refractivity contribution is 5.97. The Bertz CT molecular complexity index is 1080. The van der Waals surface area contributed by atoms with Gasteiger partial charge in [-0.15, -0.1) is 0 Å². The molecule has 1 aliphatic rings. The number of benzene rings is 2. The number of hydrogen-bond acceptors (Lipinski definition) is 8. The summed E-state index contributed by atoms with van der Waals surface area (Å²) in [6, 6.07) is 13.3. The van der Waals surface area contributed by atoms with E-state index in [9.17, 15) is 14.9 Å². The Morgan fingerprint density at radius 1 is 1.21 bits per heavy atom. The van der Waals surface area contributed by atoms with Gasteiger partial charge in [-0.1, -0.05) is 42.5 Å². The van der Waals surface area contributed by atoms with E-state index in [0.717, 1.165) is 17.5 Å². The number of nitrogens with one attached hydrogen (secondary N) is 2. The highest BCUT2D eigenvalue weighted by Gasteiger charge is 2.28. The largest absolute Gasteiger partial charge is 0.493 e. The molecular formula is C24H28N6O4. The lowest BCUT2D eigenvalue weighted by molar-refractivity contribution is -0.122. The second-order valence-electron chi connectivity index (χ2n) is 7.60. The fraction of sp³-hybridized carbons (Fsp3) is 0.375. The number of para-hydroxylation sites is 1. The molecule has 2 amide bonds. The number of carbonyl (C=O) groups excluding carboxylic acids is 2. The van der Waals surface area contributed by atoms with Crippen molar-refractivity contribution in [2.45, 2.75) is 25.4 Å². The van der Waals surface area contributed by atoms with Crippen LogP contribution < -0.4 is 20.1 Å². The molecule has 178 valence electrons. The van der Waals surface area contributed by atoms with Gasteiger partial charge in [-0.2, -0.15) is 10.4 Å². The van der Waals surface area contributed by atoms with E-state index >= 15 is 0 Å². The van der Waals surface area contributed by atoms with E-state index in [-0.39, 0.29) is 24.9 Å². The van der Waals surface area contributed by atoms with E-state index in [1.807, 2.05) is 24.3 Å². The Labute approximate surface area is 198 Å². The predicted octanol–water partition coefficient (Wildman–Crippen LogP) is 2.43. The second kappa shape index (κ2) is 11.7. The van der Waals surface area contributed by atoms with Gasteiger partial charge in [-0.25, -0.2) is 0 Å². The molecule has 2 unspecified atom stereocenters. The first-order chi connectivity index (χ1) is 16.5. The molecule has 2 N–H and O–H groups in total. The third kappa shape index (κ3) is 5.81. The van der Waals surface area contributed by atoms with Crippen LogP contribution in [0.25, 0.3) is 0 Å². The number of carbonyl (C=O) groups is 2. The lowest BCUT2D eigenvalue weighted by Crippen LogP contribution is -2.40. The molecule has 3 rings (SSSR count). The summed E-state index contributed by atoms with van der Waals surface area (Å²) in [4.78, 5) is 25.2. The molecule has 2 atom stereocenters. The van der Waals surface area contributed by atoms with Crippen molar-refractivity contribution in [3.63, 3.8) is 0 Å². The third-order valence-corrected chi connectivity index (χ3v) is 5.44. The number of nitriles is 1. The van der Waals surface area contributed by atoms with Crippen LogP contribution in [-0.2, 0) is 11.2 Å². The van der Waals surface area contributed by atoms with Gasteiger partial charge in [0.15, 0.2) is 17.5 Å². The van der Waals surface area contributed by atoms with Crippen LogP contribution >= 0.6 is 0 Å². The van der Waals surface area contributed by atoms with Gasteiger partial charge in [0.25, 0.3) is 5.91 Å². The summed E-state index contributed by atoms with van der Waals surface area (Å²) in [6.07, 6.45) is 0.899. The number of ether oxygens (including phenoxy) is 2. The summed E-state index contributed by atoms with van der Waals surface area (Å²) in [5, 5.41) is 24.7. The minimum atomic E-state index is -0.764. The van der Waals surface area contributed by atoms with Crippen molar-refractivity contribution in [1.29, 1.82) is 5.26 Å². The third-order valence-electron chi connectivity index (χ3n) is 5.44. The number of hydrogen-bond donors (Lipinski definition) is 2. The van der Waals surface area contributed by atoms with Crippen molar-refractivity contribution < 1.29 is 19.1 Å². The summed E-state index contributed by atoms with van der Waals surface area (Å²) < 4.78 is 10.5. The normalized spacial score (nSPS) is 15.4.